The molecule has 0 bridgehead atoms. The number of carboxylic acids is 8. The molecule has 226 valence electrons. The molecule has 0 aromatic rings. The minimum absolute atomic E-state index is 0.0628. The van der Waals surface area contributed by atoms with Gasteiger partial charge in [-0.05, 0) is 19.8 Å². The minimum atomic E-state index is -2.74. The first-order valence-corrected chi connectivity index (χ1v) is 10.1. The second kappa shape index (κ2) is 21.7. The summed E-state index contributed by atoms with van der Waals surface area (Å²) in [6.07, 6.45) is -7.03. The summed E-state index contributed by atoms with van der Waals surface area (Å²) in [7, 11) is 0. The van der Waals surface area contributed by atoms with E-state index >= 15 is 0 Å². The van der Waals surface area contributed by atoms with Gasteiger partial charge in [0.1, 0.15) is 6.10 Å². The fourth-order valence-electron chi connectivity index (χ4n) is 1.54. The summed E-state index contributed by atoms with van der Waals surface area (Å²) in [5.41, 5.74) is -2.74. The molecule has 0 saturated heterocycles. The van der Waals surface area contributed by atoms with Crippen LogP contribution >= 0.6 is 0 Å². The lowest BCUT2D eigenvalue weighted by Crippen LogP contribution is -2.42. The molecule has 0 aliphatic carbocycles. The smallest absolute Gasteiger partial charge is 0.336 e. The summed E-state index contributed by atoms with van der Waals surface area (Å²) >= 11 is 0. The average Bonchev–Trinajstić information content (AvgIpc) is 2.75. The molecule has 0 saturated carbocycles. The minimum Gasteiger partial charge on any atom is -0.481 e. The summed E-state index contributed by atoms with van der Waals surface area (Å²) in [4.78, 5) is 79.3. The van der Waals surface area contributed by atoms with Gasteiger partial charge in [0.15, 0.2) is 17.8 Å². The third-order valence-corrected chi connectivity index (χ3v) is 3.48. The molecule has 0 heterocycles. The summed E-state index contributed by atoms with van der Waals surface area (Å²) in [5, 5.41) is 98.4. The fraction of sp³-hybridized carbons (Fsp3) is 0.579. The molecule has 0 radical (unpaired) electrons. The first-order valence-electron chi connectivity index (χ1n) is 10.1. The Morgan fingerprint density at radius 1 is 0.538 bits per heavy atom. The van der Waals surface area contributed by atoms with Gasteiger partial charge in [0.2, 0.25) is 0 Å². The summed E-state index contributed by atoms with van der Waals surface area (Å²) in [5.74, 6) is -11.5. The van der Waals surface area contributed by atoms with Crippen molar-refractivity contribution in [3.63, 3.8) is 0 Å². The van der Waals surface area contributed by atoms with E-state index in [1.165, 1.54) is 6.92 Å². The number of aliphatic carboxylic acids is 8. The van der Waals surface area contributed by atoms with Crippen molar-refractivity contribution in [1.82, 2.24) is 0 Å². The van der Waals surface area contributed by atoms with Gasteiger partial charge in [-0.1, -0.05) is 0 Å². The summed E-state index contributed by atoms with van der Waals surface area (Å²) in [6, 6.07) is 0. The first kappa shape index (κ1) is 41.7. The second-order valence-electron chi connectivity index (χ2n) is 7.05. The van der Waals surface area contributed by atoms with Crippen LogP contribution in [0.4, 0.5) is 0 Å². The number of carbonyl (C=O) groups is 8. The van der Waals surface area contributed by atoms with Crippen LogP contribution in [-0.2, 0) is 38.4 Å². The molecule has 20 nitrogen and oxygen atoms in total. The topological polar surface area (TPSA) is 379 Å². The van der Waals surface area contributed by atoms with Gasteiger partial charge in [0.25, 0.3) is 0 Å². The highest BCUT2D eigenvalue weighted by molar-refractivity contribution is 5.88. The third-order valence-electron chi connectivity index (χ3n) is 3.48. The number of carboxylic acid groups (broad SMARTS) is 8. The lowest BCUT2D eigenvalue weighted by Gasteiger charge is -2.18. The number of unbranched alkanes of at least 4 members (excludes halogenated alkanes) is 1. The van der Waals surface area contributed by atoms with Crippen LogP contribution < -0.4 is 0 Å². The second-order valence-corrected chi connectivity index (χ2v) is 7.05. The van der Waals surface area contributed by atoms with Crippen molar-refractivity contribution in [3.8, 4) is 0 Å². The average molecular weight is 578 g/mol. The van der Waals surface area contributed by atoms with E-state index in [2.05, 4.69) is 0 Å². The quantitative estimate of drug-likeness (QED) is 0.0902. The Hall–Kier alpha value is -4.40. The number of rotatable bonds is 14. The molecule has 3 atom stereocenters. The van der Waals surface area contributed by atoms with Crippen molar-refractivity contribution in [2.24, 2.45) is 0 Å². The van der Waals surface area contributed by atoms with E-state index in [9.17, 15) is 38.4 Å². The molecule has 0 rings (SSSR count). The van der Waals surface area contributed by atoms with Gasteiger partial charge >= 0.3 is 47.8 Å². The van der Waals surface area contributed by atoms with Gasteiger partial charge < -0.3 is 61.3 Å². The van der Waals surface area contributed by atoms with Crippen molar-refractivity contribution in [1.29, 1.82) is 0 Å². The molecule has 0 aliphatic heterocycles. The van der Waals surface area contributed by atoms with Crippen molar-refractivity contribution in [2.75, 3.05) is 0 Å². The molecule has 0 aromatic heterocycles. The Labute approximate surface area is 217 Å². The highest BCUT2D eigenvalue weighted by Crippen LogP contribution is 2.15. The molecule has 0 aliphatic rings. The molecule has 3 unspecified atom stereocenters. The van der Waals surface area contributed by atoms with Crippen molar-refractivity contribution < 1.29 is 99.6 Å². The van der Waals surface area contributed by atoms with Crippen LogP contribution in [0.3, 0.4) is 0 Å². The van der Waals surface area contributed by atoms with Crippen LogP contribution in [-0.4, -0.2) is 133 Å². The van der Waals surface area contributed by atoms with Crippen LogP contribution in [0.15, 0.2) is 0 Å². The zero-order chi connectivity index (χ0) is 32.1. The van der Waals surface area contributed by atoms with Crippen LogP contribution in [0.2, 0.25) is 0 Å². The molecule has 0 spiro atoms. The Morgan fingerprint density at radius 2 is 0.795 bits per heavy atom. The van der Waals surface area contributed by atoms with E-state index < -0.39 is 84.5 Å². The van der Waals surface area contributed by atoms with Gasteiger partial charge in [-0.2, -0.15) is 0 Å². The molecule has 0 fully saturated rings. The Bertz CT molecular complexity index is 796. The van der Waals surface area contributed by atoms with Crippen LogP contribution in [0, 0.1) is 0 Å². The van der Waals surface area contributed by atoms with E-state index in [4.69, 9.17) is 61.3 Å². The maximum Gasteiger partial charge on any atom is 0.336 e. The van der Waals surface area contributed by atoms with Crippen molar-refractivity contribution in [2.45, 2.75) is 69.4 Å². The number of hydrogen-bond acceptors (Lipinski definition) is 12. The van der Waals surface area contributed by atoms with Gasteiger partial charge in [-0.15, -0.1) is 0 Å². The van der Waals surface area contributed by atoms with E-state index in [0.29, 0.717) is 12.8 Å². The third kappa shape index (κ3) is 28.0. The molecule has 0 amide bonds. The Kier molecular flexibility index (Phi) is 23.2. The lowest BCUT2D eigenvalue weighted by atomic mass is 9.96. The highest BCUT2D eigenvalue weighted by Gasteiger charge is 2.40. The van der Waals surface area contributed by atoms with Gasteiger partial charge in [0.05, 0.1) is 12.8 Å². The molecule has 39 heavy (non-hydrogen) atoms. The fourth-order valence-corrected chi connectivity index (χ4v) is 1.54. The molecular weight excluding hydrogens is 548 g/mol. The number of aliphatic hydroxyl groups excluding tert-OH is 3. The predicted octanol–water partition coefficient (Wildman–Crippen LogP) is -3.20. The van der Waals surface area contributed by atoms with Crippen LogP contribution in [0.25, 0.3) is 0 Å². The van der Waals surface area contributed by atoms with Crippen molar-refractivity contribution >= 4 is 47.8 Å². The SMILES string of the molecule is CC(O)C(=O)O.O=C(O)C(O)C(O)C(=O)O.O=C(O)CC(O)(CC(=O)O)C(=O)O.O=C(O)CCCCC(=O)O. The zero-order valence-corrected chi connectivity index (χ0v) is 20.1. The van der Waals surface area contributed by atoms with E-state index in [1.807, 2.05) is 0 Å². The van der Waals surface area contributed by atoms with Gasteiger partial charge in [-0.25, -0.2) is 19.2 Å². The maximum atomic E-state index is 10.3. The lowest BCUT2D eigenvalue weighted by molar-refractivity contribution is -0.170. The van der Waals surface area contributed by atoms with Crippen LogP contribution in [0.1, 0.15) is 45.4 Å². The Balaban J connectivity index is -0.000000216. The normalized spacial score (nSPS) is 12.1. The monoisotopic (exact) mass is 578 g/mol. The van der Waals surface area contributed by atoms with Crippen molar-refractivity contribution in [3.05, 3.63) is 0 Å². The molecule has 12 N–H and O–H groups in total. The molecular formula is C19H30O20. The highest BCUT2D eigenvalue weighted by atomic mass is 16.4. The largest absolute Gasteiger partial charge is 0.481 e. The van der Waals surface area contributed by atoms with Gasteiger partial charge in [0, 0.05) is 12.8 Å². The molecule has 0 aromatic carbocycles. The van der Waals surface area contributed by atoms with E-state index in [1.54, 1.807) is 0 Å². The number of aliphatic hydroxyl groups is 4. The molecule has 20 heteroatoms. The van der Waals surface area contributed by atoms with E-state index in [-0.39, 0.29) is 12.8 Å². The zero-order valence-electron chi connectivity index (χ0n) is 20.1. The predicted molar refractivity (Wildman–Crippen MR) is 117 cm³/mol. The summed E-state index contributed by atoms with van der Waals surface area (Å²) in [6.45, 7) is 1.20. The Morgan fingerprint density at radius 3 is 0.923 bits per heavy atom. The van der Waals surface area contributed by atoms with E-state index in [0.717, 1.165) is 0 Å². The number of hydrogen-bond donors (Lipinski definition) is 12. The van der Waals surface area contributed by atoms with Gasteiger partial charge in [-0.3, -0.25) is 19.2 Å². The van der Waals surface area contributed by atoms with Crippen LogP contribution in [0.5, 0.6) is 0 Å². The maximum absolute atomic E-state index is 10.3. The standard InChI is InChI=1S/C6H8O7.C6H10O4.C4H6O6.C3H6O3/c7-3(8)1-6(13,5(11)12)2-4(9)10;7-5(8)3-1-2-4-6(9)10;5-1(3(7)8)2(6)4(9)10;1-2(4)3(5)6/h13H,1-2H2,(H,7,8)(H,9,10)(H,11,12);1-4H2,(H,7,8)(H,9,10);1-2,5-6H,(H,7,8)(H,9,10);2,4H,1H3,(H,5,6). The summed E-state index contributed by atoms with van der Waals surface area (Å²) < 4.78 is 0. The first-order chi connectivity index (χ1) is 17.5.